The molecule has 3 heterocycles. The number of nitrogens with one attached hydrogen (secondary N) is 1. The molecule has 19 heteroatoms. The highest BCUT2D eigenvalue weighted by molar-refractivity contribution is 5.76. The maximum absolute atomic E-state index is 13.5. The molecule has 17 unspecified atom stereocenters. The monoisotopic (exact) mass is 1390 g/mol. The van der Waals surface area contributed by atoms with Gasteiger partial charge in [-0.2, -0.15) is 0 Å². The Balaban J connectivity index is 1.31. The molecule has 17 atom stereocenters. The summed E-state index contributed by atoms with van der Waals surface area (Å²) in [6, 6.07) is -0.882. The third-order valence-corrected chi connectivity index (χ3v) is 20.9. The van der Waals surface area contributed by atoms with E-state index >= 15 is 0 Å². The molecule has 3 aliphatic heterocycles. The molecule has 3 saturated heterocycles. The van der Waals surface area contributed by atoms with Crippen LogP contribution in [0.3, 0.4) is 0 Å². The molecule has 576 valence electrons. The Kier molecular flexibility index (Phi) is 55.8. The van der Waals surface area contributed by atoms with Gasteiger partial charge in [0.05, 0.1) is 38.6 Å². The van der Waals surface area contributed by atoms with Gasteiger partial charge in [-0.1, -0.05) is 341 Å². The lowest BCUT2D eigenvalue weighted by molar-refractivity contribution is -0.379. The Bertz CT molecular complexity index is 1760. The number of aliphatic hydroxyl groups is 11. The lowest BCUT2D eigenvalue weighted by Crippen LogP contribution is -2.66. The normalized spacial score (nSPS) is 26.8. The van der Waals surface area contributed by atoms with Crippen LogP contribution in [0, 0.1) is 0 Å². The van der Waals surface area contributed by atoms with E-state index in [4.69, 9.17) is 28.4 Å². The summed E-state index contributed by atoms with van der Waals surface area (Å²) < 4.78 is 34.5. The van der Waals surface area contributed by atoms with E-state index in [2.05, 4.69) is 19.2 Å². The molecule has 0 saturated carbocycles. The molecule has 19 nitrogen and oxygen atoms in total. The highest BCUT2D eigenvalue weighted by Crippen LogP contribution is 2.33. The van der Waals surface area contributed by atoms with Crippen LogP contribution in [0.2, 0.25) is 0 Å². The van der Waals surface area contributed by atoms with Crippen LogP contribution in [0.25, 0.3) is 0 Å². The van der Waals surface area contributed by atoms with Gasteiger partial charge in [0, 0.05) is 6.42 Å². The Morgan fingerprint density at radius 2 is 0.588 bits per heavy atom. The summed E-state index contributed by atoms with van der Waals surface area (Å²) in [5.74, 6) is -0.233. The quantitative estimate of drug-likeness (QED) is 0.0252. The largest absolute Gasteiger partial charge is 0.394 e. The zero-order chi connectivity index (χ0) is 70.4. The first-order chi connectivity index (χ1) is 47.3. The Labute approximate surface area is 589 Å². The first-order valence-corrected chi connectivity index (χ1v) is 40.8. The number of carbonyl (C=O) groups is 1. The van der Waals surface area contributed by atoms with E-state index in [-0.39, 0.29) is 18.9 Å². The summed E-state index contributed by atoms with van der Waals surface area (Å²) >= 11 is 0. The van der Waals surface area contributed by atoms with Gasteiger partial charge in [-0.05, 0) is 12.8 Å². The fourth-order valence-electron chi connectivity index (χ4n) is 14.4. The predicted molar refractivity (Wildman–Crippen MR) is 384 cm³/mol. The summed E-state index contributed by atoms with van der Waals surface area (Å²) in [4.78, 5) is 13.5. The minimum Gasteiger partial charge on any atom is -0.394 e. The van der Waals surface area contributed by atoms with Crippen LogP contribution in [0.1, 0.15) is 361 Å². The molecule has 3 aliphatic rings. The van der Waals surface area contributed by atoms with Crippen molar-refractivity contribution < 1.29 is 89.4 Å². The number of ether oxygens (including phenoxy) is 6. The molecule has 1 amide bonds. The van der Waals surface area contributed by atoms with Gasteiger partial charge in [0.25, 0.3) is 0 Å². The molecule has 0 radical (unpaired) electrons. The molecule has 0 aromatic rings. The smallest absolute Gasteiger partial charge is 0.220 e. The highest BCUT2D eigenvalue weighted by atomic mass is 16.8. The lowest BCUT2D eigenvalue weighted by atomic mass is 9.96. The highest BCUT2D eigenvalue weighted by Gasteiger charge is 2.54. The minimum atomic E-state index is -1.97. The molecule has 0 aliphatic carbocycles. The maximum Gasteiger partial charge on any atom is 0.220 e. The van der Waals surface area contributed by atoms with Gasteiger partial charge >= 0.3 is 0 Å². The zero-order valence-electron chi connectivity index (χ0n) is 61.6. The van der Waals surface area contributed by atoms with Gasteiger partial charge in [0.15, 0.2) is 18.9 Å². The third kappa shape index (κ3) is 40.6. The summed E-state index contributed by atoms with van der Waals surface area (Å²) in [6.07, 6.45) is 42.2. The van der Waals surface area contributed by atoms with E-state index in [1.807, 2.05) is 0 Å². The van der Waals surface area contributed by atoms with Crippen LogP contribution in [0.4, 0.5) is 0 Å². The van der Waals surface area contributed by atoms with Crippen LogP contribution in [0.5, 0.6) is 0 Å². The van der Waals surface area contributed by atoms with E-state index < -0.39 is 124 Å². The fourth-order valence-corrected chi connectivity index (χ4v) is 14.4. The second kappa shape index (κ2) is 60.1. The van der Waals surface area contributed by atoms with Crippen molar-refractivity contribution in [3.05, 3.63) is 0 Å². The van der Waals surface area contributed by atoms with Crippen LogP contribution in [-0.2, 0) is 33.2 Å². The average molecular weight is 1390 g/mol. The summed E-state index contributed by atoms with van der Waals surface area (Å²) in [5.41, 5.74) is 0. The second-order valence-electron chi connectivity index (χ2n) is 29.6. The second-order valence-corrected chi connectivity index (χ2v) is 29.6. The van der Waals surface area contributed by atoms with Crippen LogP contribution < -0.4 is 5.32 Å². The fraction of sp³-hybridized carbons (Fsp3) is 0.987. The number of aliphatic hydroxyl groups excluding tert-OH is 11. The minimum absolute atomic E-state index is 0.233. The Morgan fingerprint density at radius 3 is 0.897 bits per heavy atom. The summed E-state index contributed by atoms with van der Waals surface area (Å²) in [6.45, 7) is 1.86. The predicted octanol–water partition coefficient (Wildman–Crippen LogP) is 13.4. The maximum atomic E-state index is 13.5. The van der Waals surface area contributed by atoms with Gasteiger partial charge in [-0.25, -0.2) is 0 Å². The van der Waals surface area contributed by atoms with Crippen molar-refractivity contribution in [2.24, 2.45) is 0 Å². The first kappa shape index (κ1) is 90.0. The van der Waals surface area contributed by atoms with E-state index in [0.29, 0.717) is 12.8 Å². The van der Waals surface area contributed by atoms with Gasteiger partial charge in [0.2, 0.25) is 5.91 Å². The van der Waals surface area contributed by atoms with Crippen molar-refractivity contribution in [3.8, 4) is 0 Å². The van der Waals surface area contributed by atoms with Crippen molar-refractivity contribution in [1.29, 1.82) is 0 Å². The number of unbranched alkanes of at least 4 members (excludes halogenated alkanes) is 50. The molecule has 0 bridgehead atoms. The zero-order valence-corrected chi connectivity index (χ0v) is 61.6. The molecule has 97 heavy (non-hydrogen) atoms. The van der Waals surface area contributed by atoms with Crippen molar-refractivity contribution >= 4 is 5.91 Å². The first-order valence-electron chi connectivity index (χ1n) is 40.8. The van der Waals surface area contributed by atoms with Crippen molar-refractivity contribution in [2.75, 3.05) is 26.4 Å². The molecule has 3 fully saturated rings. The molecule has 0 aromatic carbocycles. The Morgan fingerprint density at radius 1 is 0.330 bits per heavy atom. The SMILES string of the molecule is CCCCCCCCCCCCCCCCCCCCCCCCCCCCCCCCCCCCCC(=O)NC(COC1OC(CO)C(OC2OC(CO)C(OC3OC(CO)C(O)C(O)C3O)C(O)C2O)C(O)C1O)C(O)CCCCCCCCCCCCCCCCCCC. The van der Waals surface area contributed by atoms with Crippen LogP contribution >= 0.6 is 0 Å². The molecule has 0 spiro atoms. The number of rotatable bonds is 66. The van der Waals surface area contributed by atoms with Crippen LogP contribution in [0.15, 0.2) is 0 Å². The summed E-state index contributed by atoms with van der Waals surface area (Å²) in [5, 5.41) is 121. The van der Waals surface area contributed by atoms with Gasteiger partial charge in [0.1, 0.15) is 73.2 Å². The van der Waals surface area contributed by atoms with E-state index in [1.54, 1.807) is 0 Å². The van der Waals surface area contributed by atoms with Crippen LogP contribution in [-0.4, -0.2) is 193 Å². The standard InChI is InChI=1S/C78H151NO18/c1-3-5-7-9-11-13-15-17-19-21-22-23-24-25-26-27-28-29-30-31-32-33-34-35-36-37-38-40-42-44-46-48-50-52-54-56-66(84)79-61(62(83)55-53-51-49-47-45-43-41-39-20-18-16-14-12-10-8-6-4-2)60-92-76-72(90)69(87)74(64(58-81)94-76)97-78-73(91)70(88)75(65(59-82)95-78)96-77-71(89)68(86)67(85)63(57-80)93-77/h61-65,67-78,80-83,85-91H,3-60H2,1-2H3,(H,79,84). The number of carbonyl (C=O) groups excluding carboxylic acids is 1. The molecular weight excluding hydrogens is 1240 g/mol. The topological polar surface area (TPSA) is 307 Å². The van der Waals surface area contributed by atoms with Crippen molar-refractivity contribution in [1.82, 2.24) is 5.32 Å². The summed E-state index contributed by atoms with van der Waals surface area (Å²) in [7, 11) is 0. The molecule has 3 rings (SSSR count). The van der Waals surface area contributed by atoms with Crippen molar-refractivity contribution in [2.45, 2.75) is 465 Å². The third-order valence-electron chi connectivity index (χ3n) is 20.9. The number of hydrogen-bond donors (Lipinski definition) is 12. The Hall–Kier alpha value is -1.21. The average Bonchev–Trinajstić information content (AvgIpc) is 0.792. The van der Waals surface area contributed by atoms with Gasteiger partial charge in [-0.15, -0.1) is 0 Å². The molecule has 0 aromatic heterocycles. The van der Waals surface area contributed by atoms with Gasteiger partial charge in [-0.3, -0.25) is 4.79 Å². The van der Waals surface area contributed by atoms with Crippen molar-refractivity contribution in [3.63, 3.8) is 0 Å². The van der Waals surface area contributed by atoms with Gasteiger partial charge < -0.3 is 89.9 Å². The number of amides is 1. The van der Waals surface area contributed by atoms with E-state index in [0.717, 1.165) is 44.9 Å². The van der Waals surface area contributed by atoms with E-state index in [1.165, 1.54) is 283 Å². The molecular formula is C78H151NO18. The lowest BCUT2D eigenvalue weighted by Gasteiger charge is -2.48. The van der Waals surface area contributed by atoms with E-state index in [9.17, 15) is 61.0 Å². The molecule has 12 N–H and O–H groups in total. The number of hydrogen-bond acceptors (Lipinski definition) is 18.